The third-order valence-electron chi connectivity index (χ3n) is 7.42. The van der Waals surface area contributed by atoms with Gasteiger partial charge >= 0.3 is 0 Å². The fraction of sp³-hybridized carbons (Fsp3) is 0.520. The van der Waals surface area contributed by atoms with Gasteiger partial charge < -0.3 is 9.80 Å². The number of amides is 3. The van der Waals surface area contributed by atoms with Gasteiger partial charge in [0.15, 0.2) is 0 Å². The van der Waals surface area contributed by atoms with Crippen LogP contribution in [0.2, 0.25) is 0 Å². The lowest BCUT2D eigenvalue weighted by atomic mass is 9.94. The third-order valence-corrected chi connectivity index (χ3v) is 7.42. The van der Waals surface area contributed by atoms with Crippen LogP contribution in [0, 0.1) is 12.8 Å². The Morgan fingerprint density at radius 2 is 1.85 bits per heavy atom. The van der Waals surface area contributed by atoms with Crippen LogP contribution in [0.15, 0.2) is 24.4 Å². The minimum Gasteiger partial charge on any atom is -0.370 e. The number of anilines is 1. The molecule has 0 bridgehead atoms. The zero-order valence-corrected chi connectivity index (χ0v) is 19.4. The van der Waals surface area contributed by atoms with Gasteiger partial charge in [-0.3, -0.25) is 24.0 Å². The average Bonchev–Trinajstić information content (AvgIpc) is 3.30. The maximum atomic E-state index is 13.4. The van der Waals surface area contributed by atoms with Gasteiger partial charge in [-0.1, -0.05) is 6.07 Å². The lowest BCUT2D eigenvalue weighted by Gasteiger charge is -2.37. The van der Waals surface area contributed by atoms with Crippen molar-refractivity contribution in [2.75, 3.05) is 31.1 Å². The molecule has 0 N–H and O–H groups in total. The Balaban J connectivity index is 1.38. The van der Waals surface area contributed by atoms with Crippen molar-refractivity contribution in [2.45, 2.75) is 45.6 Å². The number of aromatic nitrogens is 2. The highest BCUT2D eigenvalue weighted by molar-refractivity contribution is 6.23. The first kappa shape index (κ1) is 21.7. The molecule has 3 amide bonds. The van der Waals surface area contributed by atoms with Crippen LogP contribution in [-0.4, -0.2) is 63.5 Å². The summed E-state index contributed by atoms with van der Waals surface area (Å²) in [5.41, 5.74) is 3.48. The van der Waals surface area contributed by atoms with Crippen molar-refractivity contribution >= 4 is 23.4 Å². The predicted octanol–water partition coefficient (Wildman–Crippen LogP) is 2.75. The van der Waals surface area contributed by atoms with Gasteiger partial charge in [0, 0.05) is 44.5 Å². The van der Waals surface area contributed by atoms with Crippen LogP contribution in [0.25, 0.3) is 0 Å². The summed E-state index contributed by atoms with van der Waals surface area (Å²) in [7, 11) is 1.84. The summed E-state index contributed by atoms with van der Waals surface area (Å²) in [5, 5.41) is 4.23. The largest absolute Gasteiger partial charge is 0.370 e. The Morgan fingerprint density at radius 1 is 1.06 bits per heavy atom. The molecule has 0 aliphatic carbocycles. The molecule has 2 saturated heterocycles. The number of rotatable bonds is 4. The normalized spacial score (nSPS) is 21.0. The molecule has 0 unspecified atom stereocenters. The van der Waals surface area contributed by atoms with E-state index in [0.29, 0.717) is 17.7 Å². The van der Waals surface area contributed by atoms with Crippen LogP contribution in [0.1, 0.15) is 64.1 Å². The van der Waals surface area contributed by atoms with Crippen LogP contribution in [0.3, 0.4) is 0 Å². The third kappa shape index (κ3) is 3.81. The van der Waals surface area contributed by atoms with Crippen LogP contribution >= 0.6 is 0 Å². The molecular weight excluding hydrogens is 418 g/mol. The number of benzene rings is 1. The van der Waals surface area contributed by atoms with Crippen LogP contribution in [-0.2, 0) is 18.4 Å². The fourth-order valence-electron chi connectivity index (χ4n) is 5.36. The van der Waals surface area contributed by atoms with E-state index in [1.165, 1.54) is 11.3 Å². The number of piperidine rings is 2. The summed E-state index contributed by atoms with van der Waals surface area (Å²) in [6.07, 6.45) is 6.84. The Hall–Kier alpha value is -3.16. The predicted molar refractivity (Wildman–Crippen MR) is 124 cm³/mol. The van der Waals surface area contributed by atoms with Gasteiger partial charge in [0.25, 0.3) is 11.8 Å². The minimum atomic E-state index is -0.266. The summed E-state index contributed by atoms with van der Waals surface area (Å²) in [6.45, 7) is 5.22. The average molecular weight is 450 g/mol. The summed E-state index contributed by atoms with van der Waals surface area (Å²) in [5.74, 6) is -0.353. The number of nitrogens with zero attached hydrogens (tertiary/aromatic N) is 5. The molecule has 5 rings (SSSR count). The zero-order valence-electron chi connectivity index (χ0n) is 19.4. The van der Waals surface area contributed by atoms with E-state index in [4.69, 9.17) is 0 Å². The number of aryl methyl sites for hydroxylation is 1. The maximum absolute atomic E-state index is 13.4. The van der Waals surface area contributed by atoms with Crippen LogP contribution in [0.5, 0.6) is 0 Å². The number of fused-ring (bicyclic) bond motifs is 1. The molecule has 174 valence electrons. The number of hydrogen-bond donors (Lipinski definition) is 0. The van der Waals surface area contributed by atoms with Gasteiger partial charge in [-0.25, -0.2) is 0 Å². The second kappa shape index (κ2) is 8.65. The van der Waals surface area contributed by atoms with E-state index >= 15 is 0 Å². The molecule has 1 aromatic heterocycles. The molecule has 1 aromatic carbocycles. The molecule has 3 aliphatic heterocycles. The van der Waals surface area contributed by atoms with Crippen molar-refractivity contribution in [3.63, 3.8) is 0 Å². The highest BCUT2D eigenvalue weighted by Crippen LogP contribution is 2.35. The molecule has 8 heteroatoms. The van der Waals surface area contributed by atoms with Crippen LogP contribution in [0.4, 0.5) is 5.69 Å². The smallest absolute Gasteiger partial charge is 0.263 e. The lowest BCUT2D eigenvalue weighted by molar-refractivity contribution is -0.136. The van der Waals surface area contributed by atoms with Gasteiger partial charge in [-0.05, 0) is 51.2 Å². The molecule has 1 atom stereocenters. The van der Waals surface area contributed by atoms with Crippen molar-refractivity contribution in [3.05, 3.63) is 46.8 Å². The van der Waals surface area contributed by atoms with Gasteiger partial charge in [0.05, 0.1) is 35.5 Å². The molecule has 0 spiro atoms. The number of carbonyl (C=O) groups is 3. The summed E-state index contributed by atoms with van der Waals surface area (Å²) < 4.78 is 1.74. The number of imide groups is 1. The Morgan fingerprint density at radius 3 is 2.58 bits per heavy atom. The highest BCUT2D eigenvalue weighted by atomic mass is 16.2. The van der Waals surface area contributed by atoms with Gasteiger partial charge in [-0.2, -0.15) is 5.10 Å². The highest BCUT2D eigenvalue weighted by Gasteiger charge is 2.40. The number of carbonyl (C=O) groups excluding carboxylic acids is 3. The molecule has 33 heavy (non-hydrogen) atoms. The molecule has 8 nitrogen and oxygen atoms in total. The van der Waals surface area contributed by atoms with Crippen molar-refractivity contribution < 1.29 is 14.4 Å². The first-order valence-electron chi connectivity index (χ1n) is 12.0. The SMILES string of the molecule is Cc1c(CN2C(=O)c3cccc(N4CCC[C@H](C(=O)N5CCCCC5)C4)c3C2=O)cnn1C. The van der Waals surface area contributed by atoms with E-state index in [1.54, 1.807) is 16.9 Å². The fourth-order valence-corrected chi connectivity index (χ4v) is 5.36. The molecule has 4 heterocycles. The lowest BCUT2D eigenvalue weighted by Crippen LogP contribution is -2.46. The van der Waals surface area contributed by atoms with E-state index in [0.717, 1.165) is 62.3 Å². The number of hydrogen-bond acceptors (Lipinski definition) is 5. The Labute approximate surface area is 194 Å². The first-order chi connectivity index (χ1) is 16.0. The van der Waals surface area contributed by atoms with E-state index < -0.39 is 0 Å². The first-order valence-corrected chi connectivity index (χ1v) is 12.0. The molecule has 0 radical (unpaired) electrons. The van der Waals surface area contributed by atoms with Crippen molar-refractivity contribution in [3.8, 4) is 0 Å². The molecule has 2 fully saturated rings. The second-order valence-electron chi connectivity index (χ2n) is 9.45. The maximum Gasteiger partial charge on any atom is 0.263 e. The Kier molecular flexibility index (Phi) is 5.68. The van der Waals surface area contributed by atoms with Crippen molar-refractivity contribution in [1.29, 1.82) is 0 Å². The second-order valence-corrected chi connectivity index (χ2v) is 9.45. The molecule has 2 aromatic rings. The van der Waals surface area contributed by atoms with E-state index in [1.807, 2.05) is 31.0 Å². The minimum absolute atomic E-state index is 0.0611. The molecule has 3 aliphatic rings. The topological polar surface area (TPSA) is 78.8 Å². The van der Waals surface area contributed by atoms with Crippen molar-refractivity contribution in [1.82, 2.24) is 19.6 Å². The Bertz CT molecular complexity index is 1100. The van der Waals surface area contributed by atoms with Gasteiger partial charge in [0.2, 0.25) is 5.91 Å². The zero-order chi connectivity index (χ0) is 23.1. The van der Waals surface area contributed by atoms with E-state index in [2.05, 4.69) is 10.00 Å². The summed E-state index contributed by atoms with van der Waals surface area (Å²) >= 11 is 0. The standard InChI is InChI=1S/C25H31N5O3/c1-17-19(14-26-27(17)2)16-30-24(32)20-9-6-10-21(22(20)25(30)33)29-13-7-8-18(15-29)23(31)28-11-4-3-5-12-28/h6,9-10,14,18H,3-5,7-8,11-13,15-16H2,1-2H3/t18-/m0/s1. The van der Waals surface area contributed by atoms with Gasteiger partial charge in [0.1, 0.15) is 0 Å². The van der Waals surface area contributed by atoms with Gasteiger partial charge in [-0.15, -0.1) is 0 Å². The monoisotopic (exact) mass is 449 g/mol. The summed E-state index contributed by atoms with van der Waals surface area (Å²) in [4.78, 5) is 45.2. The quantitative estimate of drug-likeness (QED) is 0.671. The van der Waals surface area contributed by atoms with E-state index in [9.17, 15) is 14.4 Å². The molecule has 0 saturated carbocycles. The van der Waals surface area contributed by atoms with Crippen LogP contribution < -0.4 is 4.90 Å². The molecular formula is C25H31N5O3. The van der Waals surface area contributed by atoms with Crippen molar-refractivity contribution in [2.24, 2.45) is 13.0 Å². The summed E-state index contributed by atoms with van der Waals surface area (Å²) in [6, 6.07) is 5.49. The van der Waals surface area contributed by atoms with E-state index in [-0.39, 0.29) is 30.2 Å². The number of likely N-dealkylation sites (tertiary alicyclic amines) is 1.